The van der Waals surface area contributed by atoms with Crippen LogP contribution in [0.15, 0.2) is 47.1 Å². The number of aryl methyl sites for hydroxylation is 1. The number of carbonyl (C=O) groups excluding carboxylic acids is 1. The second-order valence-electron chi connectivity index (χ2n) is 3.90. The molecule has 0 aliphatic rings. The lowest BCUT2D eigenvalue weighted by molar-refractivity contribution is -0.383. The van der Waals surface area contributed by atoms with Crippen LogP contribution in [0.3, 0.4) is 0 Å². The first-order chi connectivity index (χ1) is 9.16. The SMILES string of the molecule is O=C(CCc1ccco1)Nc1ccccc1[N+](=O)[O-]. The average molecular weight is 260 g/mol. The van der Waals surface area contributed by atoms with Crippen LogP contribution >= 0.6 is 0 Å². The maximum atomic E-state index is 11.7. The minimum Gasteiger partial charge on any atom is -0.469 e. The molecule has 0 bridgehead atoms. The molecule has 0 fully saturated rings. The van der Waals surface area contributed by atoms with E-state index in [0.717, 1.165) is 0 Å². The molecule has 19 heavy (non-hydrogen) atoms. The van der Waals surface area contributed by atoms with Crippen molar-refractivity contribution in [3.05, 3.63) is 58.5 Å². The van der Waals surface area contributed by atoms with Crippen molar-refractivity contribution in [2.75, 3.05) is 5.32 Å². The van der Waals surface area contributed by atoms with E-state index >= 15 is 0 Å². The van der Waals surface area contributed by atoms with Gasteiger partial charge in [0.2, 0.25) is 5.91 Å². The van der Waals surface area contributed by atoms with Crippen LogP contribution in [0.4, 0.5) is 11.4 Å². The molecule has 0 spiro atoms. The number of rotatable bonds is 5. The van der Waals surface area contributed by atoms with E-state index in [2.05, 4.69) is 5.32 Å². The predicted octanol–water partition coefficient (Wildman–Crippen LogP) is 2.76. The number of hydrogen-bond donors (Lipinski definition) is 1. The molecule has 0 radical (unpaired) electrons. The number of amides is 1. The van der Waals surface area contributed by atoms with Crippen LogP contribution in [0.2, 0.25) is 0 Å². The van der Waals surface area contributed by atoms with Gasteiger partial charge in [0.1, 0.15) is 11.4 Å². The molecule has 2 aromatic rings. The third-order valence-corrected chi connectivity index (χ3v) is 2.55. The van der Waals surface area contributed by atoms with Gasteiger partial charge < -0.3 is 9.73 Å². The molecule has 1 amide bonds. The highest BCUT2D eigenvalue weighted by atomic mass is 16.6. The van der Waals surface area contributed by atoms with Crippen LogP contribution in [0.5, 0.6) is 0 Å². The molecule has 0 saturated heterocycles. The lowest BCUT2D eigenvalue weighted by atomic mass is 10.2. The fourth-order valence-electron chi connectivity index (χ4n) is 1.64. The second kappa shape index (κ2) is 5.81. The van der Waals surface area contributed by atoms with E-state index < -0.39 is 4.92 Å². The summed E-state index contributed by atoms with van der Waals surface area (Å²) in [7, 11) is 0. The van der Waals surface area contributed by atoms with E-state index in [1.807, 2.05) is 0 Å². The fraction of sp³-hybridized carbons (Fsp3) is 0.154. The van der Waals surface area contributed by atoms with Crippen LogP contribution in [0.25, 0.3) is 0 Å². The van der Waals surface area contributed by atoms with Gasteiger partial charge in [0, 0.05) is 18.9 Å². The van der Waals surface area contributed by atoms with Crippen LogP contribution < -0.4 is 5.32 Å². The molecule has 2 rings (SSSR count). The van der Waals surface area contributed by atoms with Gasteiger partial charge in [0.25, 0.3) is 5.69 Å². The lowest BCUT2D eigenvalue weighted by Gasteiger charge is -2.04. The van der Waals surface area contributed by atoms with Crippen molar-refractivity contribution in [2.24, 2.45) is 0 Å². The maximum absolute atomic E-state index is 11.7. The number of nitrogens with zero attached hydrogens (tertiary/aromatic N) is 1. The van der Waals surface area contributed by atoms with E-state index in [1.54, 1.807) is 24.3 Å². The third kappa shape index (κ3) is 3.41. The molecule has 6 heteroatoms. The Labute approximate surface area is 109 Å². The summed E-state index contributed by atoms with van der Waals surface area (Å²) >= 11 is 0. The summed E-state index contributed by atoms with van der Waals surface area (Å²) in [6.45, 7) is 0. The van der Waals surface area contributed by atoms with Crippen LogP contribution in [0, 0.1) is 10.1 Å². The smallest absolute Gasteiger partial charge is 0.292 e. The Balaban J connectivity index is 1.97. The van der Waals surface area contributed by atoms with Crippen molar-refractivity contribution in [1.29, 1.82) is 0 Å². The lowest BCUT2D eigenvalue weighted by Crippen LogP contribution is -2.13. The fourth-order valence-corrected chi connectivity index (χ4v) is 1.64. The molecule has 98 valence electrons. The molecular formula is C13H12N2O4. The van der Waals surface area contributed by atoms with Crippen LogP contribution in [-0.4, -0.2) is 10.8 Å². The Bertz CT molecular complexity index is 578. The minimum atomic E-state index is -0.526. The van der Waals surface area contributed by atoms with E-state index in [9.17, 15) is 14.9 Å². The van der Waals surface area contributed by atoms with E-state index in [1.165, 1.54) is 18.4 Å². The molecular weight excluding hydrogens is 248 g/mol. The zero-order chi connectivity index (χ0) is 13.7. The van der Waals surface area contributed by atoms with Crippen LogP contribution in [-0.2, 0) is 11.2 Å². The summed E-state index contributed by atoms with van der Waals surface area (Å²) in [5, 5.41) is 13.3. The van der Waals surface area contributed by atoms with Gasteiger partial charge in [-0.15, -0.1) is 0 Å². The quantitative estimate of drug-likeness (QED) is 0.661. The number of nitrogens with one attached hydrogen (secondary N) is 1. The number of hydrogen-bond acceptors (Lipinski definition) is 4. The zero-order valence-electron chi connectivity index (χ0n) is 10.0. The Morgan fingerprint density at radius 1 is 1.26 bits per heavy atom. The van der Waals surface area contributed by atoms with Crippen molar-refractivity contribution < 1.29 is 14.1 Å². The summed E-state index contributed by atoms with van der Waals surface area (Å²) in [6, 6.07) is 9.56. The number of benzene rings is 1. The molecule has 0 unspecified atom stereocenters. The van der Waals surface area contributed by atoms with Crippen molar-refractivity contribution in [2.45, 2.75) is 12.8 Å². The van der Waals surface area contributed by atoms with E-state index in [0.29, 0.717) is 12.2 Å². The molecule has 1 aromatic heterocycles. The first-order valence-corrected chi connectivity index (χ1v) is 5.72. The summed E-state index contributed by atoms with van der Waals surface area (Å²) in [5.41, 5.74) is 0.0887. The molecule has 0 aliphatic carbocycles. The normalized spacial score (nSPS) is 10.1. The van der Waals surface area contributed by atoms with Gasteiger partial charge in [-0.3, -0.25) is 14.9 Å². The standard InChI is InChI=1S/C13H12N2O4/c16-13(8-7-10-4-3-9-19-10)14-11-5-1-2-6-12(11)15(17)18/h1-6,9H,7-8H2,(H,14,16). The topological polar surface area (TPSA) is 85.4 Å². The Kier molecular flexibility index (Phi) is 3.92. The van der Waals surface area contributed by atoms with E-state index in [4.69, 9.17) is 4.42 Å². The van der Waals surface area contributed by atoms with Gasteiger partial charge in [-0.2, -0.15) is 0 Å². The molecule has 1 heterocycles. The van der Waals surface area contributed by atoms with Gasteiger partial charge >= 0.3 is 0 Å². The molecule has 1 aromatic carbocycles. The van der Waals surface area contributed by atoms with Gasteiger partial charge in [0.15, 0.2) is 0 Å². The van der Waals surface area contributed by atoms with Crippen LogP contribution in [0.1, 0.15) is 12.2 Å². The molecule has 0 atom stereocenters. The van der Waals surface area contributed by atoms with Crippen molar-refractivity contribution >= 4 is 17.3 Å². The largest absolute Gasteiger partial charge is 0.469 e. The average Bonchev–Trinajstić information content (AvgIpc) is 2.90. The first kappa shape index (κ1) is 12.8. The number of nitro benzene ring substituents is 1. The predicted molar refractivity (Wildman–Crippen MR) is 68.8 cm³/mol. The Hall–Kier alpha value is -2.63. The minimum absolute atomic E-state index is 0.117. The first-order valence-electron chi connectivity index (χ1n) is 5.72. The van der Waals surface area contributed by atoms with E-state index in [-0.39, 0.29) is 23.7 Å². The molecule has 6 nitrogen and oxygen atoms in total. The van der Waals surface area contributed by atoms with Crippen molar-refractivity contribution in [3.63, 3.8) is 0 Å². The van der Waals surface area contributed by atoms with Crippen molar-refractivity contribution in [1.82, 2.24) is 0 Å². The summed E-state index contributed by atoms with van der Waals surface area (Å²) in [5.74, 6) is 0.420. The summed E-state index contributed by atoms with van der Waals surface area (Å²) in [6.07, 6.45) is 2.20. The number of para-hydroxylation sites is 2. The number of carbonyl (C=O) groups is 1. The highest BCUT2D eigenvalue weighted by Gasteiger charge is 2.14. The Morgan fingerprint density at radius 3 is 2.74 bits per heavy atom. The molecule has 0 aliphatic heterocycles. The molecule has 0 saturated carbocycles. The second-order valence-corrected chi connectivity index (χ2v) is 3.90. The Morgan fingerprint density at radius 2 is 2.05 bits per heavy atom. The number of nitro groups is 1. The maximum Gasteiger partial charge on any atom is 0.292 e. The monoisotopic (exact) mass is 260 g/mol. The number of anilines is 1. The number of furan rings is 1. The zero-order valence-corrected chi connectivity index (χ0v) is 10.0. The highest BCUT2D eigenvalue weighted by molar-refractivity contribution is 5.93. The summed E-state index contributed by atoms with van der Waals surface area (Å²) in [4.78, 5) is 22.0. The molecule has 1 N–H and O–H groups in total. The van der Waals surface area contributed by atoms with Gasteiger partial charge in [-0.05, 0) is 18.2 Å². The van der Waals surface area contributed by atoms with Gasteiger partial charge in [-0.25, -0.2) is 0 Å². The van der Waals surface area contributed by atoms with Gasteiger partial charge in [0.05, 0.1) is 11.2 Å². The van der Waals surface area contributed by atoms with Crippen molar-refractivity contribution in [3.8, 4) is 0 Å². The third-order valence-electron chi connectivity index (χ3n) is 2.55. The highest BCUT2D eigenvalue weighted by Crippen LogP contribution is 2.23. The summed E-state index contributed by atoms with van der Waals surface area (Å²) < 4.78 is 5.11. The van der Waals surface area contributed by atoms with Gasteiger partial charge in [-0.1, -0.05) is 12.1 Å².